The summed E-state index contributed by atoms with van der Waals surface area (Å²) < 4.78 is 5.65. The summed E-state index contributed by atoms with van der Waals surface area (Å²) in [5.41, 5.74) is 2.68. The van der Waals surface area contributed by atoms with Crippen molar-refractivity contribution in [1.82, 2.24) is 10.3 Å². The summed E-state index contributed by atoms with van der Waals surface area (Å²) >= 11 is 0. The predicted molar refractivity (Wildman–Crippen MR) is 66.6 cm³/mol. The van der Waals surface area contributed by atoms with E-state index in [0.717, 1.165) is 18.2 Å². The van der Waals surface area contributed by atoms with Gasteiger partial charge in [-0.3, -0.25) is 15.1 Å². The molecule has 1 aromatic rings. The molecule has 3 N–H and O–H groups in total. The first-order valence-electron chi connectivity index (χ1n) is 6.51. The van der Waals surface area contributed by atoms with Gasteiger partial charge in [-0.1, -0.05) is 0 Å². The number of rotatable bonds is 3. The number of fused-ring (bicyclic) bond motifs is 2. The van der Waals surface area contributed by atoms with Crippen molar-refractivity contribution >= 4 is 5.91 Å². The molecule has 18 heavy (non-hydrogen) atoms. The van der Waals surface area contributed by atoms with Gasteiger partial charge in [0.1, 0.15) is 11.5 Å². The van der Waals surface area contributed by atoms with Crippen LogP contribution in [0.25, 0.3) is 0 Å². The standard InChI is InChI=1S/C13H19N3O2/c1-8-12(13(17)15-14)5-11(18-8)7-16-6-9-2-3-10(16)4-9/h5,9-10H,2-4,6-7,14H2,1H3,(H,15,17). The van der Waals surface area contributed by atoms with E-state index in [9.17, 15) is 4.79 Å². The molecule has 1 aliphatic heterocycles. The van der Waals surface area contributed by atoms with E-state index in [1.165, 1.54) is 25.8 Å². The molecule has 5 nitrogen and oxygen atoms in total. The van der Waals surface area contributed by atoms with Gasteiger partial charge in [0.2, 0.25) is 0 Å². The first kappa shape index (κ1) is 11.7. The molecule has 2 heterocycles. The number of piperidine rings is 1. The van der Waals surface area contributed by atoms with Crippen LogP contribution in [0.1, 0.15) is 41.1 Å². The SMILES string of the molecule is Cc1oc(CN2CC3CCC2C3)cc1C(=O)NN. The predicted octanol–water partition coefficient (Wildman–Crippen LogP) is 1.18. The van der Waals surface area contributed by atoms with Gasteiger partial charge in [-0.05, 0) is 38.2 Å². The summed E-state index contributed by atoms with van der Waals surface area (Å²) in [4.78, 5) is 14.0. The van der Waals surface area contributed by atoms with Crippen molar-refractivity contribution in [1.29, 1.82) is 0 Å². The molecule has 0 spiro atoms. The second-order valence-electron chi connectivity index (χ2n) is 5.42. The molecule has 2 atom stereocenters. The monoisotopic (exact) mass is 249 g/mol. The second-order valence-corrected chi connectivity index (χ2v) is 5.42. The van der Waals surface area contributed by atoms with Crippen molar-refractivity contribution in [3.05, 3.63) is 23.2 Å². The number of hydrogen-bond acceptors (Lipinski definition) is 4. The molecule has 2 fully saturated rings. The number of carbonyl (C=O) groups is 1. The van der Waals surface area contributed by atoms with Gasteiger partial charge < -0.3 is 4.42 Å². The average molecular weight is 249 g/mol. The van der Waals surface area contributed by atoms with Crippen molar-refractivity contribution in [3.8, 4) is 0 Å². The number of aryl methyl sites for hydroxylation is 1. The number of amides is 1. The van der Waals surface area contributed by atoms with Crippen molar-refractivity contribution in [3.63, 3.8) is 0 Å². The molecule has 0 radical (unpaired) electrons. The number of hydrazine groups is 1. The Kier molecular flexibility index (Phi) is 2.87. The van der Waals surface area contributed by atoms with Crippen LogP contribution in [-0.2, 0) is 6.54 Å². The summed E-state index contributed by atoms with van der Waals surface area (Å²) in [6.07, 6.45) is 4.01. The molecule has 1 aliphatic carbocycles. The summed E-state index contributed by atoms with van der Waals surface area (Å²) in [7, 11) is 0. The Morgan fingerprint density at radius 3 is 3.06 bits per heavy atom. The van der Waals surface area contributed by atoms with Gasteiger partial charge in [0.05, 0.1) is 12.1 Å². The zero-order chi connectivity index (χ0) is 12.7. The smallest absolute Gasteiger partial charge is 0.268 e. The molecule has 1 saturated heterocycles. The quantitative estimate of drug-likeness (QED) is 0.479. The fourth-order valence-electron chi connectivity index (χ4n) is 3.35. The average Bonchev–Trinajstić information content (AvgIpc) is 3.04. The maximum atomic E-state index is 11.5. The summed E-state index contributed by atoms with van der Waals surface area (Å²) in [5, 5.41) is 0. The van der Waals surface area contributed by atoms with Gasteiger partial charge in [0, 0.05) is 12.6 Å². The number of likely N-dealkylation sites (tertiary alicyclic amines) is 1. The normalized spacial score (nSPS) is 26.8. The van der Waals surface area contributed by atoms with Gasteiger partial charge in [-0.15, -0.1) is 0 Å². The Morgan fingerprint density at radius 2 is 2.44 bits per heavy atom. The number of nitrogens with one attached hydrogen (secondary N) is 1. The Morgan fingerprint density at radius 1 is 1.61 bits per heavy atom. The van der Waals surface area contributed by atoms with Crippen LogP contribution in [-0.4, -0.2) is 23.4 Å². The van der Waals surface area contributed by atoms with Gasteiger partial charge in [-0.2, -0.15) is 0 Å². The van der Waals surface area contributed by atoms with Gasteiger partial charge >= 0.3 is 0 Å². The van der Waals surface area contributed by atoms with E-state index < -0.39 is 0 Å². The molecule has 3 rings (SSSR count). The van der Waals surface area contributed by atoms with Crippen molar-refractivity contribution in [2.75, 3.05) is 6.54 Å². The van der Waals surface area contributed by atoms with E-state index in [0.29, 0.717) is 17.4 Å². The second kappa shape index (κ2) is 4.40. The molecule has 1 saturated carbocycles. The van der Waals surface area contributed by atoms with Crippen LogP contribution in [0.4, 0.5) is 0 Å². The van der Waals surface area contributed by atoms with Crippen LogP contribution < -0.4 is 11.3 Å². The van der Waals surface area contributed by atoms with Crippen LogP contribution in [0.3, 0.4) is 0 Å². The van der Waals surface area contributed by atoms with E-state index in [2.05, 4.69) is 10.3 Å². The number of furan rings is 1. The molecule has 1 aromatic heterocycles. The highest BCUT2D eigenvalue weighted by Gasteiger charge is 2.37. The lowest BCUT2D eigenvalue weighted by Crippen LogP contribution is -2.31. The van der Waals surface area contributed by atoms with Crippen molar-refractivity contribution in [2.45, 2.75) is 38.8 Å². The van der Waals surface area contributed by atoms with E-state index in [1.807, 2.05) is 6.07 Å². The lowest BCUT2D eigenvalue weighted by atomic mass is 10.1. The Bertz CT molecular complexity index is 469. The lowest BCUT2D eigenvalue weighted by Gasteiger charge is -2.25. The summed E-state index contributed by atoms with van der Waals surface area (Å²) in [6.45, 7) is 3.77. The fourth-order valence-corrected chi connectivity index (χ4v) is 3.35. The van der Waals surface area contributed by atoms with E-state index in [1.54, 1.807) is 6.92 Å². The zero-order valence-electron chi connectivity index (χ0n) is 10.6. The van der Waals surface area contributed by atoms with E-state index in [-0.39, 0.29) is 5.91 Å². The van der Waals surface area contributed by atoms with Crippen molar-refractivity contribution in [2.24, 2.45) is 11.8 Å². The molecular weight excluding hydrogens is 230 g/mol. The molecule has 1 amide bonds. The number of nitrogens with zero attached hydrogens (tertiary/aromatic N) is 1. The molecule has 98 valence electrons. The Balaban J connectivity index is 1.72. The zero-order valence-corrected chi connectivity index (χ0v) is 10.6. The third-order valence-electron chi connectivity index (χ3n) is 4.23. The van der Waals surface area contributed by atoms with Crippen LogP contribution in [0.2, 0.25) is 0 Å². The first-order chi connectivity index (χ1) is 8.67. The maximum Gasteiger partial charge on any atom is 0.268 e. The molecule has 2 bridgehead atoms. The van der Waals surface area contributed by atoms with E-state index >= 15 is 0 Å². The minimum Gasteiger partial charge on any atom is -0.464 e. The lowest BCUT2D eigenvalue weighted by molar-refractivity contribution is 0.0952. The minimum atomic E-state index is -0.287. The molecule has 0 aromatic carbocycles. The highest BCUT2D eigenvalue weighted by molar-refractivity contribution is 5.94. The molecule has 2 unspecified atom stereocenters. The summed E-state index contributed by atoms with van der Waals surface area (Å²) in [6, 6.07) is 2.52. The third kappa shape index (κ3) is 1.93. The minimum absolute atomic E-state index is 0.287. The molecule has 2 aliphatic rings. The highest BCUT2D eigenvalue weighted by Crippen LogP contribution is 2.38. The highest BCUT2D eigenvalue weighted by atomic mass is 16.3. The number of nitrogen functional groups attached to an aromatic ring is 1. The van der Waals surface area contributed by atoms with Crippen LogP contribution in [0.5, 0.6) is 0 Å². The van der Waals surface area contributed by atoms with Crippen molar-refractivity contribution < 1.29 is 9.21 Å². The maximum absolute atomic E-state index is 11.5. The van der Waals surface area contributed by atoms with Gasteiger partial charge in [0.15, 0.2) is 0 Å². The van der Waals surface area contributed by atoms with Crippen LogP contribution in [0, 0.1) is 12.8 Å². The largest absolute Gasteiger partial charge is 0.464 e. The third-order valence-corrected chi connectivity index (χ3v) is 4.23. The van der Waals surface area contributed by atoms with Crippen LogP contribution in [0.15, 0.2) is 10.5 Å². The topological polar surface area (TPSA) is 71.5 Å². The molecular formula is C13H19N3O2. The molecule has 5 heteroatoms. The van der Waals surface area contributed by atoms with Crippen LogP contribution >= 0.6 is 0 Å². The fraction of sp³-hybridized carbons (Fsp3) is 0.615. The number of hydrogen-bond donors (Lipinski definition) is 2. The Hall–Kier alpha value is -1.33. The summed E-state index contributed by atoms with van der Waals surface area (Å²) in [5.74, 6) is 7.23. The van der Waals surface area contributed by atoms with Gasteiger partial charge in [0.25, 0.3) is 5.91 Å². The first-order valence-corrected chi connectivity index (χ1v) is 6.51. The number of carbonyl (C=O) groups excluding carboxylic acids is 1. The number of nitrogens with two attached hydrogens (primary N) is 1. The Labute approximate surface area is 106 Å². The van der Waals surface area contributed by atoms with Gasteiger partial charge in [-0.25, -0.2) is 5.84 Å². The van der Waals surface area contributed by atoms with E-state index in [4.69, 9.17) is 10.3 Å².